The second-order valence-electron chi connectivity index (χ2n) is 4.61. The van der Waals surface area contributed by atoms with Crippen LogP contribution in [-0.4, -0.2) is 15.9 Å². The van der Waals surface area contributed by atoms with E-state index in [1.54, 1.807) is 6.92 Å². The van der Waals surface area contributed by atoms with Crippen molar-refractivity contribution in [3.05, 3.63) is 28.1 Å². The van der Waals surface area contributed by atoms with Crippen LogP contribution in [-0.2, 0) is 6.18 Å². The summed E-state index contributed by atoms with van der Waals surface area (Å²) in [5, 5.41) is 13.6. The zero-order chi connectivity index (χ0) is 14.2. The fourth-order valence-corrected chi connectivity index (χ4v) is 1.82. The highest BCUT2D eigenvalue weighted by atomic mass is 19.4. The molecule has 0 bridgehead atoms. The van der Waals surface area contributed by atoms with Gasteiger partial charge in [0, 0.05) is 6.04 Å². The van der Waals surface area contributed by atoms with Crippen LogP contribution in [0, 0.1) is 16.0 Å². The molecule has 0 amide bonds. The maximum Gasteiger partial charge on any atom is 0.433 e. The number of hydrogen-bond donors (Lipinski definition) is 1. The number of pyridine rings is 1. The molecule has 104 valence electrons. The van der Waals surface area contributed by atoms with Gasteiger partial charge in [-0.05, 0) is 31.7 Å². The number of nitro groups is 1. The molecule has 1 saturated carbocycles. The van der Waals surface area contributed by atoms with Crippen molar-refractivity contribution in [1.29, 1.82) is 0 Å². The first-order valence-corrected chi connectivity index (χ1v) is 5.77. The van der Waals surface area contributed by atoms with Crippen molar-refractivity contribution in [1.82, 2.24) is 4.98 Å². The van der Waals surface area contributed by atoms with Crippen LogP contribution in [0.4, 0.5) is 24.5 Å². The zero-order valence-corrected chi connectivity index (χ0v) is 10.1. The topological polar surface area (TPSA) is 68.1 Å². The van der Waals surface area contributed by atoms with E-state index >= 15 is 0 Å². The summed E-state index contributed by atoms with van der Waals surface area (Å²) in [5.74, 6) is 0.363. The lowest BCUT2D eigenvalue weighted by Gasteiger charge is -2.15. The largest absolute Gasteiger partial charge is 0.433 e. The van der Waals surface area contributed by atoms with Crippen molar-refractivity contribution < 1.29 is 18.1 Å². The fourth-order valence-electron chi connectivity index (χ4n) is 1.82. The van der Waals surface area contributed by atoms with E-state index in [-0.39, 0.29) is 11.7 Å². The molecule has 1 heterocycles. The molecule has 5 nitrogen and oxygen atoms in total. The quantitative estimate of drug-likeness (QED) is 0.676. The normalized spacial score (nSPS) is 17.1. The van der Waals surface area contributed by atoms with E-state index in [1.807, 2.05) is 0 Å². The van der Waals surface area contributed by atoms with Gasteiger partial charge in [0.15, 0.2) is 0 Å². The van der Waals surface area contributed by atoms with Crippen LogP contribution in [0.3, 0.4) is 0 Å². The van der Waals surface area contributed by atoms with Crippen LogP contribution in [0.2, 0.25) is 0 Å². The molecule has 1 aliphatic rings. The summed E-state index contributed by atoms with van der Waals surface area (Å²) in [6.45, 7) is 1.80. The molecule has 0 aromatic carbocycles. The van der Waals surface area contributed by atoms with Crippen molar-refractivity contribution in [2.75, 3.05) is 5.32 Å². The number of anilines is 1. The minimum absolute atomic E-state index is 0.0952. The lowest BCUT2D eigenvalue weighted by atomic mass is 10.2. The van der Waals surface area contributed by atoms with Gasteiger partial charge < -0.3 is 5.32 Å². The van der Waals surface area contributed by atoms with Gasteiger partial charge in [0.1, 0.15) is 17.6 Å². The van der Waals surface area contributed by atoms with E-state index < -0.39 is 22.5 Å². The standard InChI is InChI=1S/C11H12F3N3O2/c1-6(7-2-3-7)16-8-4-10(11(12,13)14)15-5-9(8)17(18)19/h4-7H,2-3H2,1H3,(H,15,16). The number of rotatable bonds is 4. The van der Waals surface area contributed by atoms with E-state index in [9.17, 15) is 23.3 Å². The Bertz CT molecular complexity index is 500. The van der Waals surface area contributed by atoms with Gasteiger partial charge in [-0.25, -0.2) is 4.98 Å². The third-order valence-corrected chi connectivity index (χ3v) is 3.08. The molecule has 0 aliphatic heterocycles. The Labute approximate surface area is 107 Å². The molecule has 19 heavy (non-hydrogen) atoms. The van der Waals surface area contributed by atoms with Crippen LogP contribution in [0.1, 0.15) is 25.5 Å². The minimum atomic E-state index is -4.62. The van der Waals surface area contributed by atoms with Crippen molar-refractivity contribution in [2.24, 2.45) is 5.92 Å². The Morgan fingerprint density at radius 2 is 2.16 bits per heavy atom. The van der Waals surface area contributed by atoms with Gasteiger partial charge in [-0.15, -0.1) is 0 Å². The van der Waals surface area contributed by atoms with Crippen molar-refractivity contribution in [3.8, 4) is 0 Å². The maximum atomic E-state index is 12.5. The highest BCUT2D eigenvalue weighted by Gasteiger charge is 2.35. The molecule has 1 aromatic rings. The average molecular weight is 275 g/mol. The smallest absolute Gasteiger partial charge is 0.377 e. The number of alkyl halides is 3. The van der Waals surface area contributed by atoms with Gasteiger partial charge in [0.2, 0.25) is 0 Å². The van der Waals surface area contributed by atoms with Crippen LogP contribution in [0.5, 0.6) is 0 Å². The van der Waals surface area contributed by atoms with Crippen LogP contribution in [0.15, 0.2) is 12.3 Å². The Balaban J connectivity index is 2.32. The highest BCUT2D eigenvalue weighted by Crippen LogP contribution is 2.37. The molecule has 1 aromatic heterocycles. The number of halogens is 3. The molecule has 8 heteroatoms. The van der Waals surface area contributed by atoms with Gasteiger partial charge in [0.25, 0.3) is 0 Å². The predicted molar refractivity (Wildman–Crippen MR) is 61.7 cm³/mol. The number of nitrogens with one attached hydrogen (secondary N) is 1. The van der Waals surface area contributed by atoms with E-state index in [4.69, 9.17) is 0 Å². The van der Waals surface area contributed by atoms with Gasteiger partial charge in [-0.1, -0.05) is 0 Å². The lowest BCUT2D eigenvalue weighted by molar-refractivity contribution is -0.384. The Morgan fingerprint density at radius 1 is 1.53 bits per heavy atom. The molecule has 1 unspecified atom stereocenters. The number of hydrogen-bond acceptors (Lipinski definition) is 4. The first-order valence-electron chi connectivity index (χ1n) is 5.77. The van der Waals surface area contributed by atoms with E-state index in [0.29, 0.717) is 18.2 Å². The molecule has 1 atom stereocenters. The number of nitrogens with zero attached hydrogens (tertiary/aromatic N) is 2. The van der Waals surface area contributed by atoms with Crippen LogP contribution < -0.4 is 5.32 Å². The van der Waals surface area contributed by atoms with Gasteiger partial charge in [-0.2, -0.15) is 13.2 Å². The molecule has 2 rings (SSSR count). The third-order valence-electron chi connectivity index (χ3n) is 3.08. The Hall–Kier alpha value is -1.86. The molecular weight excluding hydrogens is 263 g/mol. The summed E-state index contributed by atoms with van der Waals surface area (Å²) in [6, 6.07) is 0.596. The Morgan fingerprint density at radius 3 is 2.63 bits per heavy atom. The summed E-state index contributed by atoms with van der Waals surface area (Å²) in [7, 11) is 0. The second-order valence-corrected chi connectivity index (χ2v) is 4.61. The average Bonchev–Trinajstić information content (AvgIpc) is 3.10. The van der Waals surface area contributed by atoms with E-state index in [1.165, 1.54) is 0 Å². The molecule has 0 spiro atoms. The molecule has 1 fully saturated rings. The fraction of sp³-hybridized carbons (Fsp3) is 0.545. The third kappa shape index (κ3) is 3.12. The summed E-state index contributed by atoms with van der Waals surface area (Å²) >= 11 is 0. The molecule has 1 aliphatic carbocycles. The SMILES string of the molecule is CC(Nc1cc(C(F)(F)F)ncc1[N+](=O)[O-])C1CC1. The first-order chi connectivity index (χ1) is 8.79. The second kappa shape index (κ2) is 4.67. The molecule has 1 N–H and O–H groups in total. The minimum Gasteiger partial charge on any atom is -0.377 e. The number of aromatic nitrogens is 1. The van der Waals surface area contributed by atoms with Crippen LogP contribution in [0.25, 0.3) is 0 Å². The lowest BCUT2D eigenvalue weighted by Crippen LogP contribution is -2.19. The van der Waals surface area contributed by atoms with Crippen molar-refractivity contribution in [2.45, 2.75) is 32.0 Å². The predicted octanol–water partition coefficient (Wildman–Crippen LogP) is 3.22. The molecule has 0 saturated heterocycles. The van der Waals surface area contributed by atoms with Gasteiger partial charge in [0.05, 0.1) is 4.92 Å². The monoisotopic (exact) mass is 275 g/mol. The van der Waals surface area contributed by atoms with Crippen LogP contribution >= 0.6 is 0 Å². The first kappa shape index (κ1) is 13.6. The molecular formula is C11H12F3N3O2. The molecule has 0 radical (unpaired) electrons. The van der Waals surface area contributed by atoms with Crippen molar-refractivity contribution in [3.63, 3.8) is 0 Å². The zero-order valence-electron chi connectivity index (χ0n) is 10.1. The van der Waals surface area contributed by atoms with Gasteiger partial charge >= 0.3 is 11.9 Å². The summed E-state index contributed by atoms with van der Waals surface area (Å²) in [4.78, 5) is 13.1. The summed E-state index contributed by atoms with van der Waals surface area (Å²) < 4.78 is 37.6. The Kier molecular flexibility index (Phi) is 3.34. The van der Waals surface area contributed by atoms with Gasteiger partial charge in [-0.3, -0.25) is 10.1 Å². The highest BCUT2D eigenvalue weighted by molar-refractivity contribution is 5.61. The maximum absolute atomic E-state index is 12.5. The van der Waals surface area contributed by atoms with Crippen molar-refractivity contribution >= 4 is 11.4 Å². The summed E-state index contributed by atoms with van der Waals surface area (Å²) in [5.41, 5.74) is -1.71. The van der Waals surface area contributed by atoms with E-state index in [2.05, 4.69) is 10.3 Å². The van der Waals surface area contributed by atoms with E-state index in [0.717, 1.165) is 12.8 Å². The summed E-state index contributed by atoms with van der Waals surface area (Å²) in [6.07, 6.45) is -2.00.